The van der Waals surface area contributed by atoms with Gasteiger partial charge in [-0.25, -0.2) is 15.0 Å². The molecule has 1 fully saturated rings. The zero-order valence-corrected chi connectivity index (χ0v) is 21.5. The minimum atomic E-state index is -0.390. The number of likely N-dealkylation sites (N-methyl/N-ethyl adjacent to an activating group) is 1. The average molecular weight is 501 g/mol. The first-order chi connectivity index (χ1) is 18.0. The topological polar surface area (TPSA) is 122 Å². The largest absolute Gasteiger partial charge is 0.494 e. The Morgan fingerprint density at radius 2 is 2.03 bits per heavy atom. The van der Waals surface area contributed by atoms with Crippen molar-refractivity contribution < 1.29 is 9.84 Å². The second-order valence-corrected chi connectivity index (χ2v) is 9.69. The molecule has 0 spiro atoms. The summed E-state index contributed by atoms with van der Waals surface area (Å²) in [6.45, 7) is 9.54. The number of pyridine rings is 1. The number of hydrogen-bond acceptors (Lipinski definition) is 10. The Labute approximate surface area is 216 Å². The molecule has 10 nitrogen and oxygen atoms in total. The van der Waals surface area contributed by atoms with Crippen molar-refractivity contribution in [2.45, 2.75) is 19.3 Å². The van der Waals surface area contributed by atoms with Gasteiger partial charge in [-0.15, -0.1) is 0 Å². The summed E-state index contributed by atoms with van der Waals surface area (Å²) in [6.07, 6.45) is 3.45. The number of rotatable bonds is 7. The van der Waals surface area contributed by atoms with Crippen LogP contribution in [0.1, 0.15) is 25.0 Å². The molecule has 3 N–H and O–H groups in total. The summed E-state index contributed by atoms with van der Waals surface area (Å²) < 4.78 is 5.69. The third-order valence-electron chi connectivity index (χ3n) is 7.33. The average Bonchev–Trinajstić information content (AvgIpc) is 3.29. The maximum Gasteiger partial charge on any atom is 0.227 e. The van der Waals surface area contributed by atoms with E-state index in [0.29, 0.717) is 35.2 Å². The summed E-state index contributed by atoms with van der Waals surface area (Å²) >= 11 is 0. The van der Waals surface area contributed by atoms with Crippen LogP contribution in [0.4, 0.5) is 23.1 Å². The van der Waals surface area contributed by atoms with E-state index in [1.165, 1.54) is 0 Å². The van der Waals surface area contributed by atoms with Crippen LogP contribution in [0.5, 0.6) is 5.75 Å². The minimum absolute atomic E-state index is 0.0278. The van der Waals surface area contributed by atoms with Crippen LogP contribution in [0, 0.1) is 11.3 Å². The molecule has 0 bridgehead atoms. The molecule has 0 radical (unpaired) electrons. The van der Waals surface area contributed by atoms with Crippen molar-refractivity contribution in [3.63, 3.8) is 0 Å². The van der Waals surface area contributed by atoms with Gasteiger partial charge in [-0.1, -0.05) is 13.8 Å². The van der Waals surface area contributed by atoms with Crippen molar-refractivity contribution in [3.05, 3.63) is 47.8 Å². The normalized spacial score (nSPS) is 19.2. The van der Waals surface area contributed by atoms with Crippen molar-refractivity contribution in [1.29, 1.82) is 5.26 Å². The number of benzene rings is 1. The Bertz CT molecular complexity index is 1330. The molecule has 1 unspecified atom stereocenters. The highest BCUT2D eigenvalue weighted by Crippen LogP contribution is 2.38. The van der Waals surface area contributed by atoms with Gasteiger partial charge in [0.15, 0.2) is 0 Å². The van der Waals surface area contributed by atoms with Crippen LogP contribution in [0.3, 0.4) is 0 Å². The number of aromatic nitrogens is 3. The standard InChI is InChI=1S/C27H32N8O2/c1-4-34-7-9-35(10-8-34)23-13-24(37-3)22(12-18(23)14-28)33-26-29-6-5-21(32-26)19-11-20-25(30-15-19)31-16-27(20,2)17-36/h5-6,11-13,15,36H,4,7-10,16-17H2,1-3H3,(H,30,31)(H,29,32,33). The van der Waals surface area contributed by atoms with Crippen molar-refractivity contribution in [3.8, 4) is 23.1 Å². The summed E-state index contributed by atoms with van der Waals surface area (Å²) in [5.74, 6) is 1.79. The zero-order valence-electron chi connectivity index (χ0n) is 21.5. The fourth-order valence-electron chi connectivity index (χ4n) is 4.91. The Morgan fingerprint density at radius 1 is 1.22 bits per heavy atom. The fourth-order valence-corrected chi connectivity index (χ4v) is 4.91. The number of hydrogen-bond donors (Lipinski definition) is 3. The van der Waals surface area contributed by atoms with E-state index in [4.69, 9.17) is 9.72 Å². The van der Waals surface area contributed by atoms with Crippen molar-refractivity contribution >= 4 is 23.1 Å². The lowest BCUT2D eigenvalue weighted by molar-refractivity contribution is 0.218. The van der Waals surface area contributed by atoms with Gasteiger partial charge in [0, 0.05) is 67.7 Å². The van der Waals surface area contributed by atoms with E-state index < -0.39 is 5.41 Å². The van der Waals surface area contributed by atoms with Gasteiger partial charge in [0.25, 0.3) is 0 Å². The van der Waals surface area contributed by atoms with E-state index in [0.717, 1.165) is 55.4 Å². The van der Waals surface area contributed by atoms with E-state index in [2.05, 4.69) is 43.4 Å². The minimum Gasteiger partial charge on any atom is -0.494 e. The molecule has 10 heteroatoms. The number of anilines is 4. The van der Waals surface area contributed by atoms with Crippen LogP contribution in [0.15, 0.2) is 36.7 Å². The molecule has 1 atom stereocenters. The Kier molecular flexibility index (Phi) is 6.82. The van der Waals surface area contributed by atoms with Gasteiger partial charge in [0.05, 0.1) is 36.3 Å². The molecule has 2 aliphatic rings. The summed E-state index contributed by atoms with van der Waals surface area (Å²) in [7, 11) is 1.62. The molecule has 2 aliphatic heterocycles. The molecule has 192 valence electrons. The van der Waals surface area contributed by atoms with E-state index in [1.807, 2.05) is 25.1 Å². The summed E-state index contributed by atoms with van der Waals surface area (Å²) in [5.41, 5.74) is 4.18. The number of ether oxygens (including phenoxy) is 1. The molecule has 3 aromatic rings. The van der Waals surface area contributed by atoms with Gasteiger partial charge in [0.2, 0.25) is 5.95 Å². The highest BCUT2D eigenvalue weighted by Gasteiger charge is 2.35. The molecule has 0 aliphatic carbocycles. The SMILES string of the molecule is CCN1CCN(c2cc(OC)c(Nc3nccc(-c4cnc5c(c4)C(C)(CO)CN5)n3)cc2C#N)CC1. The highest BCUT2D eigenvalue weighted by atomic mass is 16.5. The maximum absolute atomic E-state index is 9.92. The predicted octanol–water partition coefficient (Wildman–Crippen LogP) is 2.98. The lowest BCUT2D eigenvalue weighted by atomic mass is 9.85. The predicted molar refractivity (Wildman–Crippen MR) is 144 cm³/mol. The van der Waals surface area contributed by atoms with Crippen molar-refractivity contribution in [1.82, 2.24) is 19.9 Å². The number of aliphatic hydroxyl groups is 1. The molecule has 1 saturated heterocycles. The van der Waals surface area contributed by atoms with Crippen LogP contribution < -0.4 is 20.3 Å². The lowest BCUT2D eigenvalue weighted by Crippen LogP contribution is -2.46. The van der Waals surface area contributed by atoms with Gasteiger partial charge in [-0.2, -0.15) is 5.26 Å². The van der Waals surface area contributed by atoms with E-state index in [9.17, 15) is 10.4 Å². The Morgan fingerprint density at radius 3 is 2.73 bits per heavy atom. The Balaban J connectivity index is 1.42. The van der Waals surface area contributed by atoms with Gasteiger partial charge in [-0.05, 0) is 24.7 Å². The lowest BCUT2D eigenvalue weighted by Gasteiger charge is -2.36. The summed E-state index contributed by atoms with van der Waals surface area (Å²) in [6, 6.07) is 9.90. The first-order valence-electron chi connectivity index (χ1n) is 12.5. The maximum atomic E-state index is 9.92. The van der Waals surface area contributed by atoms with E-state index in [1.54, 1.807) is 25.6 Å². The molecule has 37 heavy (non-hydrogen) atoms. The zero-order chi connectivity index (χ0) is 26.0. The monoisotopic (exact) mass is 500 g/mol. The van der Waals surface area contributed by atoms with E-state index in [-0.39, 0.29) is 6.61 Å². The van der Waals surface area contributed by atoms with Crippen LogP contribution in [0.2, 0.25) is 0 Å². The molecule has 2 aromatic heterocycles. The van der Waals surface area contributed by atoms with Crippen LogP contribution in [-0.4, -0.2) is 77.9 Å². The van der Waals surface area contributed by atoms with Gasteiger partial charge in [0.1, 0.15) is 17.6 Å². The summed E-state index contributed by atoms with van der Waals surface area (Å²) in [5, 5.41) is 26.3. The number of aliphatic hydroxyl groups excluding tert-OH is 1. The van der Waals surface area contributed by atoms with Crippen molar-refractivity contribution in [2.24, 2.45) is 0 Å². The number of nitrogens with zero attached hydrogens (tertiary/aromatic N) is 6. The molecular weight excluding hydrogens is 468 g/mol. The van der Waals surface area contributed by atoms with Crippen molar-refractivity contribution in [2.75, 3.05) is 68.5 Å². The van der Waals surface area contributed by atoms with Gasteiger partial charge < -0.3 is 30.3 Å². The second-order valence-electron chi connectivity index (χ2n) is 9.69. The smallest absolute Gasteiger partial charge is 0.227 e. The molecule has 1 aromatic carbocycles. The first kappa shape index (κ1) is 24.7. The highest BCUT2D eigenvalue weighted by molar-refractivity contribution is 5.75. The van der Waals surface area contributed by atoms with E-state index >= 15 is 0 Å². The third kappa shape index (κ3) is 4.75. The van der Waals surface area contributed by atoms with Gasteiger partial charge >= 0.3 is 0 Å². The third-order valence-corrected chi connectivity index (χ3v) is 7.33. The molecule has 0 amide bonds. The first-order valence-corrected chi connectivity index (χ1v) is 12.5. The van der Waals surface area contributed by atoms with Crippen LogP contribution in [0.25, 0.3) is 11.3 Å². The van der Waals surface area contributed by atoms with Gasteiger partial charge in [-0.3, -0.25) is 0 Å². The molecule has 0 saturated carbocycles. The number of nitrogens with one attached hydrogen (secondary N) is 2. The number of nitriles is 1. The molecular formula is C27H32N8O2. The Hall–Kier alpha value is -3.94. The number of methoxy groups -OCH3 is 1. The summed E-state index contributed by atoms with van der Waals surface area (Å²) in [4.78, 5) is 18.3. The number of piperazine rings is 1. The quantitative estimate of drug-likeness (QED) is 0.446. The number of fused-ring (bicyclic) bond motifs is 1. The van der Waals surface area contributed by atoms with Crippen LogP contribution in [-0.2, 0) is 5.41 Å². The second kappa shape index (κ2) is 10.2. The fraction of sp³-hybridized carbons (Fsp3) is 0.407. The molecule has 5 rings (SSSR count). The molecule has 4 heterocycles. The van der Waals surface area contributed by atoms with Crippen LogP contribution >= 0.6 is 0 Å².